The fraction of sp³-hybridized carbons (Fsp3) is 0.438. The molecule has 1 aliphatic heterocycles. The van der Waals surface area contributed by atoms with Crippen molar-refractivity contribution >= 4 is 21.4 Å². The Morgan fingerprint density at radius 3 is 2.92 bits per heavy atom. The van der Waals surface area contributed by atoms with Crippen molar-refractivity contribution in [2.24, 2.45) is 0 Å². The van der Waals surface area contributed by atoms with Crippen molar-refractivity contribution in [1.29, 1.82) is 0 Å². The molecule has 1 atom stereocenters. The summed E-state index contributed by atoms with van der Waals surface area (Å²) < 4.78 is 38.2. The number of rotatable bonds is 3. The zero-order valence-corrected chi connectivity index (χ0v) is 15.1. The standard InChI is InChI=1S/C16H18N2O4S2/c1-10-17-12-4-3-5-13(16(12)23-10)18(2)24(19,20)11-6-7-14-15(8-11)22-9-21-14/h6-8,13H,3-5,9H2,1-2H3. The molecule has 0 saturated carbocycles. The fourth-order valence-electron chi connectivity index (χ4n) is 3.24. The lowest BCUT2D eigenvalue weighted by Crippen LogP contribution is -2.32. The van der Waals surface area contributed by atoms with Crippen molar-refractivity contribution in [2.45, 2.75) is 37.1 Å². The maximum Gasteiger partial charge on any atom is 0.243 e. The smallest absolute Gasteiger partial charge is 0.243 e. The molecule has 1 aliphatic carbocycles. The number of sulfonamides is 1. The minimum atomic E-state index is -3.62. The molecule has 0 radical (unpaired) electrons. The minimum Gasteiger partial charge on any atom is -0.454 e. The second-order valence-corrected chi connectivity index (χ2v) is 9.22. The van der Waals surface area contributed by atoms with Gasteiger partial charge >= 0.3 is 0 Å². The summed E-state index contributed by atoms with van der Waals surface area (Å²) in [6.07, 6.45) is 2.69. The molecule has 2 heterocycles. The van der Waals surface area contributed by atoms with Crippen LogP contribution in [0.2, 0.25) is 0 Å². The second-order valence-electron chi connectivity index (χ2n) is 5.99. The van der Waals surface area contributed by atoms with Crippen molar-refractivity contribution in [3.63, 3.8) is 0 Å². The minimum absolute atomic E-state index is 0.126. The van der Waals surface area contributed by atoms with Gasteiger partial charge < -0.3 is 9.47 Å². The van der Waals surface area contributed by atoms with Crippen LogP contribution < -0.4 is 9.47 Å². The van der Waals surface area contributed by atoms with Gasteiger partial charge in [0.05, 0.1) is 21.6 Å². The summed E-state index contributed by atoms with van der Waals surface area (Å²) in [5.41, 5.74) is 1.04. The number of aromatic nitrogens is 1. The topological polar surface area (TPSA) is 68.7 Å². The van der Waals surface area contributed by atoms with Crippen LogP contribution in [0.25, 0.3) is 0 Å². The quantitative estimate of drug-likeness (QED) is 0.835. The highest BCUT2D eigenvalue weighted by Gasteiger charge is 2.34. The Morgan fingerprint density at radius 2 is 2.08 bits per heavy atom. The Bertz CT molecular complexity index is 891. The van der Waals surface area contributed by atoms with E-state index in [1.807, 2.05) is 6.92 Å². The normalized spacial score (nSPS) is 19.5. The highest BCUT2D eigenvalue weighted by atomic mass is 32.2. The Kier molecular flexibility index (Phi) is 3.78. The van der Waals surface area contributed by atoms with E-state index in [0.29, 0.717) is 11.5 Å². The van der Waals surface area contributed by atoms with E-state index in [4.69, 9.17) is 9.47 Å². The van der Waals surface area contributed by atoms with Crippen LogP contribution in [0, 0.1) is 6.92 Å². The van der Waals surface area contributed by atoms with Crippen molar-refractivity contribution in [2.75, 3.05) is 13.8 Å². The highest BCUT2D eigenvalue weighted by Crippen LogP contribution is 2.41. The molecule has 4 rings (SSSR count). The average Bonchev–Trinajstić information content (AvgIpc) is 3.17. The van der Waals surface area contributed by atoms with Crippen LogP contribution in [0.4, 0.5) is 0 Å². The molecule has 128 valence electrons. The van der Waals surface area contributed by atoms with E-state index < -0.39 is 10.0 Å². The van der Waals surface area contributed by atoms with Crippen LogP contribution in [-0.4, -0.2) is 31.5 Å². The molecule has 0 fully saturated rings. The zero-order chi connectivity index (χ0) is 16.9. The van der Waals surface area contributed by atoms with Crippen LogP contribution in [0.15, 0.2) is 23.1 Å². The number of ether oxygens (including phenoxy) is 2. The molecule has 2 aliphatic rings. The predicted octanol–water partition coefficient (Wildman–Crippen LogP) is 2.88. The van der Waals surface area contributed by atoms with Gasteiger partial charge in [0.15, 0.2) is 11.5 Å². The molecule has 0 saturated heterocycles. The zero-order valence-electron chi connectivity index (χ0n) is 13.5. The van der Waals surface area contributed by atoms with Crippen LogP contribution >= 0.6 is 11.3 Å². The van der Waals surface area contributed by atoms with E-state index in [-0.39, 0.29) is 17.7 Å². The summed E-state index contributed by atoms with van der Waals surface area (Å²) in [7, 11) is -1.97. The van der Waals surface area contributed by atoms with Crippen LogP contribution in [-0.2, 0) is 16.4 Å². The van der Waals surface area contributed by atoms with Gasteiger partial charge in [-0.15, -0.1) is 11.3 Å². The Balaban J connectivity index is 1.70. The first-order valence-corrected chi connectivity index (χ1v) is 10.1. The van der Waals surface area contributed by atoms with Crippen LogP contribution in [0.3, 0.4) is 0 Å². The molecule has 0 amide bonds. The number of hydrogen-bond donors (Lipinski definition) is 0. The molecule has 2 aromatic rings. The summed E-state index contributed by atoms with van der Waals surface area (Å²) in [5, 5.41) is 0.987. The van der Waals surface area contributed by atoms with E-state index in [2.05, 4.69) is 4.98 Å². The summed E-state index contributed by atoms with van der Waals surface area (Å²) in [6, 6.07) is 4.60. The number of fused-ring (bicyclic) bond motifs is 2. The molecule has 1 unspecified atom stereocenters. The summed E-state index contributed by atoms with van der Waals surface area (Å²) in [6.45, 7) is 2.09. The van der Waals surface area contributed by atoms with Gasteiger partial charge in [-0.2, -0.15) is 4.31 Å². The maximum atomic E-state index is 13.1. The van der Waals surface area contributed by atoms with E-state index in [1.54, 1.807) is 30.5 Å². The Hall–Kier alpha value is -1.64. The molecule has 24 heavy (non-hydrogen) atoms. The lowest BCUT2D eigenvalue weighted by Gasteiger charge is -2.30. The van der Waals surface area contributed by atoms with E-state index in [9.17, 15) is 8.42 Å². The molecule has 1 aromatic heterocycles. The van der Waals surface area contributed by atoms with E-state index in [0.717, 1.165) is 34.8 Å². The number of hydrogen-bond acceptors (Lipinski definition) is 6. The lowest BCUT2D eigenvalue weighted by molar-refractivity contribution is 0.174. The van der Waals surface area contributed by atoms with E-state index in [1.165, 1.54) is 10.4 Å². The number of aryl methyl sites for hydroxylation is 2. The molecule has 1 aromatic carbocycles. The van der Waals surface area contributed by atoms with Gasteiger partial charge in [0, 0.05) is 18.0 Å². The summed E-state index contributed by atoms with van der Waals surface area (Å²) in [4.78, 5) is 5.85. The number of benzene rings is 1. The molecule has 6 nitrogen and oxygen atoms in total. The molecule has 0 N–H and O–H groups in total. The van der Waals surface area contributed by atoms with Gasteiger partial charge in [0.1, 0.15) is 0 Å². The van der Waals surface area contributed by atoms with Gasteiger partial charge in [0.2, 0.25) is 16.8 Å². The third kappa shape index (κ3) is 2.49. The summed E-state index contributed by atoms with van der Waals surface area (Å²) >= 11 is 1.60. The average molecular weight is 366 g/mol. The van der Waals surface area contributed by atoms with Crippen molar-refractivity contribution in [1.82, 2.24) is 9.29 Å². The highest BCUT2D eigenvalue weighted by molar-refractivity contribution is 7.89. The van der Waals surface area contributed by atoms with Gasteiger partial charge in [0.25, 0.3) is 0 Å². The monoisotopic (exact) mass is 366 g/mol. The third-order valence-corrected chi connectivity index (χ3v) is 7.46. The first-order chi connectivity index (χ1) is 11.5. The number of nitrogens with zero attached hydrogens (tertiary/aromatic N) is 2. The maximum absolute atomic E-state index is 13.1. The Labute approximate surface area is 145 Å². The molecular weight excluding hydrogens is 348 g/mol. The van der Waals surface area contributed by atoms with Gasteiger partial charge in [-0.25, -0.2) is 13.4 Å². The predicted molar refractivity (Wildman–Crippen MR) is 90.0 cm³/mol. The van der Waals surface area contributed by atoms with Gasteiger partial charge in [-0.05, 0) is 38.3 Å². The van der Waals surface area contributed by atoms with Gasteiger partial charge in [-0.1, -0.05) is 0 Å². The first-order valence-electron chi connectivity index (χ1n) is 7.81. The van der Waals surface area contributed by atoms with Crippen molar-refractivity contribution in [3.8, 4) is 11.5 Å². The molecule has 0 spiro atoms. The van der Waals surface area contributed by atoms with Crippen LogP contribution in [0.1, 0.15) is 34.5 Å². The SMILES string of the molecule is Cc1nc2c(s1)C(N(C)S(=O)(=O)c1ccc3c(c1)OCO3)CCC2. The van der Waals surface area contributed by atoms with E-state index >= 15 is 0 Å². The van der Waals surface area contributed by atoms with Gasteiger partial charge in [-0.3, -0.25) is 0 Å². The second kappa shape index (κ2) is 5.72. The molecule has 0 bridgehead atoms. The largest absolute Gasteiger partial charge is 0.454 e. The molecular formula is C16H18N2O4S2. The third-order valence-electron chi connectivity index (χ3n) is 4.49. The van der Waals surface area contributed by atoms with Crippen molar-refractivity contribution in [3.05, 3.63) is 33.8 Å². The Morgan fingerprint density at radius 1 is 1.29 bits per heavy atom. The van der Waals surface area contributed by atoms with Crippen molar-refractivity contribution < 1.29 is 17.9 Å². The lowest BCUT2D eigenvalue weighted by atomic mass is 9.98. The fourth-order valence-corrected chi connectivity index (χ4v) is 5.83. The van der Waals surface area contributed by atoms with Crippen LogP contribution in [0.5, 0.6) is 11.5 Å². The molecule has 8 heteroatoms. The first kappa shape index (κ1) is 15.9. The summed E-state index contributed by atoms with van der Waals surface area (Å²) in [5.74, 6) is 1.05. The number of thiazole rings is 1.